The highest BCUT2D eigenvalue weighted by Gasteiger charge is 2.17. The van der Waals surface area contributed by atoms with Gasteiger partial charge in [-0.05, 0) is 30.2 Å². The molecule has 3 aromatic rings. The third-order valence-corrected chi connectivity index (χ3v) is 4.38. The van der Waals surface area contributed by atoms with Gasteiger partial charge in [0.05, 0.1) is 0 Å². The molecule has 0 fully saturated rings. The number of hydrogen-bond acceptors (Lipinski definition) is 1. The Kier molecular flexibility index (Phi) is 3.47. The summed E-state index contributed by atoms with van der Waals surface area (Å²) in [5, 5.41) is 0. The summed E-state index contributed by atoms with van der Waals surface area (Å²) in [6.07, 6.45) is 0. The van der Waals surface area contributed by atoms with Crippen LogP contribution in [0.4, 0.5) is 0 Å². The van der Waals surface area contributed by atoms with E-state index in [2.05, 4.69) is 79.7 Å². The van der Waals surface area contributed by atoms with Crippen LogP contribution in [0.25, 0.3) is 0 Å². The zero-order valence-corrected chi connectivity index (χ0v) is 11.7. The Balaban J connectivity index is 2.11. The van der Waals surface area contributed by atoms with E-state index in [1.54, 1.807) is 0 Å². The third kappa shape index (κ3) is 2.61. The summed E-state index contributed by atoms with van der Waals surface area (Å²) in [5.74, 6) is 0.348. The summed E-state index contributed by atoms with van der Waals surface area (Å²) in [4.78, 5) is 2.78. The van der Waals surface area contributed by atoms with Crippen LogP contribution < -0.4 is 0 Å². The average Bonchev–Trinajstić information content (AvgIpc) is 2.88. The van der Waals surface area contributed by atoms with Crippen molar-refractivity contribution in [2.45, 2.75) is 12.8 Å². The maximum atomic E-state index is 2.25. The molecular formula is C18H16S. The van der Waals surface area contributed by atoms with Gasteiger partial charge < -0.3 is 0 Å². The molecule has 0 atom stereocenters. The van der Waals surface area contributed by atoms with Crippen LogP contribution in [0.3, 0.4) is 0 Å². The molecule has 3 rings (SSSR count). The maximum Gasteiger partial charge on any atom is 0.0434 e. The predicted molar refractivity (Wildman–Crippen MR) is 82.9 cm³/mol. The Morgan fingerprint density at radius 1 is 0.684 bits per heavy atom. The van der Waals surface area contributed by atoms with Crippen molar-refractivity contribution < 1.29 is 0 Å². The highest BCUT2D eigenvalue weighted by Crippen LogP contribution is 2.35. The van der Waals surface area contributed by atoms with Crippen molar-refractivity contribution in [3.8, 4) is 0 Å². The number of thiophene rings is 1. The van der Waals surface area contributed by atoms with Crippen molar-refractivity contribution in [2.24, 2.45) is 0 Å². The molecule has 1 aromatic heterocycles. The topological polar surface area (TPSA) is 0 Å². The zero-order valence-electron chi connectivity index (χ0n) is 10.9. The highest BCUT2D eigenvalue weighted by atomic mass is 32.1. The van der Waals surface area contributed by atoms with Crippen LogP contribution in [0.2, 0.25) is 0 Å². The summed E-state index contributed by atoms with van der Waals surface area (Å²) >= 11 is 1.89. The van der Waals surface area contributed by atoms with Gasteiger partial charge in [0.1, 0.15) is 0 Å². The molecule has 0 aliphatic carbocycles. The molecule has 0 spiro atoms. The van der Waals surface area contributed by atoms with Crippen molar-refractivity contribution in [3.05, 3.63) is 93.7 Å². The van der Waals surface area contributed by atoms with E-state index in [4.69, 9.17) is 0 Å². The Labute approximate surface area is 118 Å². The summed E-state index contributed by atoms with van der Waals surface area (Å²) in [6.45, 7) is 2.17. The predicted octanol–water partition coefficient (Wildman–Crippen LogP) is 5.24. The van der Waals surface area contributed by atoms with Crippen LogP contribution in [-0.4, -0.2) is 0 Å². The Bertz CT molecular complexity index is 598. The molecule has 2 aromatic carbocycles. The van der Waals surface area contributed by atoms with E-state index in [0.29, 0.717) is 5.92 Å². The number of benzene rings is 2. The van der Waals surface area contributed by atoms with E-state index in [-0.39, 0.29) is 0 Å². The highest BCUT2D eigenvalue weighted by molar-refractivity contribution is 7.12. The van der Waals surface area contributed by atoms with Crippen LogP contribution >= 0.6 is 11.3 Å². The summed E-state index contributed by atoms with van der Waals surface area (Å²) in [5.41, 5.74) is 2.71. The molecule has 94 valence electrons. The number of hydrogen-bond donors (Lipinski definition) is 0. The van der Waals surface area contributed by atoms with E-state index in [1.807, 2.05) is 11.3 Å². The van der Waals surface area contributed by atoms with E-state index >= 15 is 0 Å². The fraction of sp³-hybridized carbons (Fsp3) is 0.111. The zero-order chi connectivity index (χ0) is 13.1. The van der Waals surface area contributed by atoms with Gasteiger partial charge in [0.15, 0.2) is 0 Å². The molecule has 1 heteroatoms. The molecule has 0 aliphatic heterocycles. The minimum absolute atomic E-state index is 0.348. The third-order valence-electron chi connectivity index (χ3n) is 3.31. The molecular weight excluding hydrogens is 248 g/mol. The van der Waals surface area contributed by atoms with E-state index in [9.17, 15) is 0 Å². The summed E-state index contributed by atoms with van der Waals surface area (Å²) in [7, 11) is 0. The van der Waals surface area contributed by atoms with Crippen LogP contribution in [-0.2, 0) is 0 Å². The van der Waals surface area contributed by atoms with Gasteiger partial charge >= 0.3 is 0 Å². The second-order valence-corrected chi connectivity index (χ2v) is 6.02. The number of aryl methyl sites for hydroxylation is 1. The Hall–Kier alpha value is -1.86. The second kappa shape index (κ2) is 5.41. The van der Waals surface area contributed by atoms with Crippen molar-refractivity contribution in [3.63, 3.8) is 0 Å². The lowest BCUT2D eigenvalue weighted by atomic mass is 9.90. The fourth-order valence-corrected chi connectivity index (χ4v) is 3.45. The molecule has 0 bridgehead atoms. The van der Waals surface area contributed by atoms with E-state index in [0.717, 1.165) is 0 Å². The van der Waals surface area contributed by atoms with Gasteiger partial charge in [-0.3, -0.25) is 0 Å². The summed E-state index contributed by atoms with van der Waals surface area (Å²) in [6, 6.07) is 25.9. The molecule has 0 radical (unpaired) electrons. The normalized spacial score (nSPS) is 10.8. The quantitative estimate of drug-likeness (QED) is 0.607. The molecule has 0 aliphatic rings. The minimum Gasteiger partial charge on any atom is -0.145 e. The molecule has 19 heavy (non-hydrogen) atoms. The first-order valence-electron chi connectivity index (χ1n) is 6.51. The molecule has 1 heterocycles. The van der Waals surface area contributed by atoms with Gasteiger partial charge in [-0.15, -0.1) is 11.3 Å². The molecule has 0 unspecified atom stereocenters. The van der Waals surface area contributed by atoms with Crippen molar-refractivity contribution in [1.82, 2.24) is 0 Å². The van der Waals surface area contributed by atoms with Crippen molar-refractivity contribution >= 4 is 11.3 Å². The largest absolute Gasteiger partial charge is 0.145 e. The van der Waals surface area contributed by atoms with Gasteiger partial charge in [0.25, 0.3) is 0 Å². The number of rotatable bonds is 3. The van der Waals surface area contributed by atoms with Crippen molar-refractivity contribution in [1.29, 1.82) is 0 Å². The molecule has 0 saturated heterocycles. The first-order chi connectivity index (χ1) is 9.34. The second-order valence-electron chi connectivity index (χ2n) is 4.70. The van der Waals surface area contributed by atoms with E-state index in [1.165, 1.54) is 20.9 Å². The van der Waals surface area contributed by atoms with Gasteiger partial charge in [0, 0.05) is 15.7 Å². The molecule has 0 saturated carbocycles. The Morgan fingerprint density at radius 2 is 1.21 bits per heavy atom. The van der Waals surface area contributed by atoms with Gasteiger partial charge in [-0.2, -0.15) is 0 Å². The lowest BCUT2D eigenvalue weighted by molar-refractivity contribution is 1.01. The standard InChI is InChI=1S/C18H16S/c1-14-12-13-17(19-14)18(15-8-4-2-5-9-15)16-10-6-3-7-11-16/h2-13,18H,1H3. The smallest absolute Gasteiger partial charge is 0.0434 e. The van der Waals surface area contributed by atoms with Crippen LogP contribution in [0.15, 0.2) is 72.8 Å². The van der Waals surface area contributed by atoms with Crippen LogP contribution in [0.1, 0.15) is 26.8 Å². The molecule has 0 amide bonds. The van der Waals surface area contributed by atoms with Gasteiger partial charge in [-0.25, -0.2) is 0 Å². The average molecular weight is 264 g/mol. The van der Waals surface area contributed by atoms with Crippen LogP contribution in [0, 0.1) is 6.92 Å². The van der Waals surface area contributed by atoms with Crippen LogP contribution in [0.5, 0.6) is 0 Å². The fourth-order valence-electron chi connectivity index (χ4n) is 2.42. The SMILES string of the molecule is Cc1ccc(C(c2ccccc2)c2ccccc2)s1. The maximum absolute atomic E-state index is 2.25. The van der Waals surface area contributed by atoms with Crippen molar-refractivity contribution in [2.75, 3.05) is 0 Å². The first kappa shape index (κ1) is 12.2. The van der Waals surface area contributed by atoms with Gasteiger partial charge in [0.2, 0.25) is 0 Å². The monoisotopic (exact) mass is 264 g/mol. The minimum atomic E-state index is 0.348. The molecule has 0 N–H and O–H groups in total. The van der Waals surface area contributed by atoms with Gasteiger partial charge in [-0.1, -0.05) is 60.7 Å². The molecule has 0 nitrogen and oxygen atoms in total. The Morgan fingerprint density at radius 3 is 1.63 bits per heavy atom. The lowest BCUT2D eigenvalue weighted by Crippen LogP contribution is -2.00. The first-order valence-corrected chi connectivity index (χ1v) is 7.32. The lowest BCUT2D eigenvalue weighted by Gasteiger charge is -2.16. The summed E-state index contributed by atoms with van der Waals surface area (Å²) < 4.78 is 0. The van der Waals surface area contributed by atoms with E-state index < -0.39 is 0 Å².